The van der Waals surface area contributed by atoms with Gasteiger partial charge >= 0.3 is 5.69 Å². The van der Waals surface area contributed by atoms with Crippen LogP contribution in [0.5, 0.6) is 0 Å². The first-order valence-corrected chi connectivity index (χ1v) is 8.30. The minimum atomic E-state index is -0.242. The predicted octanol–water partition coefficient (Wildman–Crippen LogP) is 2.76. The third kappa shape index (κ3) is 4.64. The molecule has 0 unspecified atom stereocenters. The summed E-state index contributed by atoms with van der Waals surface area (Å²) in [5.74, 6) is 0.0174. The zero-order valence-electron chi connectivity index (χ0n) is 12.1. The normalized spacial score (nSPS) is 10.6. The Balaban J connectivity index is 1.91. The average Bonchev–Trinajstić information content (AvgIpc) is 2.86. The first kappa shape index (κ1) is 16.6. The van der Waals surface area contributed by atoms with Gasteiger partial charge in [0.25, 0.3) is 0 Å². The van der Waals surface area contributed by atoms with Crippen LogP contribution in [0.3, 0.4) is 0 Å². The summed E-state index contributed by atoms with van der Waals surface area (Å²) < 4.78 is 1.56. The van der Waals surface area contributed by atoms with Gasteiger partial charge in [-0.25, -0.2) is 9.89 Å². The molecule has 22 heavy (non-hydrogen) atoms. The number of aromatic nitrogens is 3. The zero-order valence-corrected chi connectivity index (χ0v) is 13.7. The van der Waals surface area contributed by atoms with Crippen molar-refractivity contribution in [3.63, 3.8) is 0 Å². The number of hydrogen-bond donors (Lipinski definition) is 2. The number of carbonyl (C=O) groups is 1. The van der Waals surface area contributed by atoms with Gasteiger partial charge in [0.2, 0.25) is 5.91 Å². The Bertz CT molecular complexity index is 681. The maximum atomic E-state index is 11.9. The molecule has 1 amide bonds. The van der Waals surface area contributed by atoms with Gasteiger partial charge in [-0.3, -0.25) is 9.36 Å². The molecule has 1 heterocycles. The minimum absolute atomic E-state index is 0.162. The van der Waals surface area contributed by atoms with Gasteiger partial charge in [-0.2, -0.15) is 0 Å². The van der Waals surface area contributed by atoms with E-state index in [0.717, 1.165) is 12.8 Å². The molecule has 0 aliphatic rings. The number of H-pyrrole nitrogens is 1. The summed E-state index contributed by atoms with van der Waals surface area (Å²) in [7, 11) is 0. The summed E-state index contributed by atoms with van der Waals surface area (Å²) in [6.07, 6.45) is 1.88. The molecule has 0 radical (unpaired) electrons. The molecular weight excluding hydrogens is 324 g/mol. The highest BCUT2D eigenvalue weighted by atomic mass is 35.5. The van der Waals surface area contributed by atoms with Gasteiger partial charge < -0.3 is 5.32 Å². The number of unbranched alkanes of at least 4 members (excludes halogenated alkanes) is 1. The van der Waals surface area contributed by atoms with Crippen LogP contribution >= 0.6 is 23.4 Å². The Morgan fingerprint density at radius 3 is 2.82 bits per heavy atom. The highest BCUT2D eigenvalue weighted by Crippen LogP contribution is 2.16. The minimum Gasteiger partial charge on any atom is -0.325 e. The van der Waals surface area contributed by atoms with Crippen LogP contribution in [-0.2, 0) is 11.3 Å². The SMILES string of the molecule is CCCCn1c(SCC(=O)Nc2ccc(Cl)cc2)n[nH]c1=O. The molecule has 8 heteroatoms. The molecule has 2 aromatic rings. The van der Waals surface area contributed by atoms with E-state index < -0.39 is 0 Å². The third-order valence-corrected chi connectivity index (χ3v) is 4.15. The van der Waals surface area contributed by atoms with Crippen molar-refractivity contribution in [3.05, 3.63) is 39.8 Å². The summed E-state index contributed by atoms with van der Waals surface area (Å²) >= 11 is 7.02. The summed E-state index contributed by atoms with van der Waals surface area (Å²) in [4.78, 5) is 23.5. The van der Waals surface area contributed by atoms with Crippen molar-refractivity contribution in [1.82, 2.24) is 14.8 Å². The number of nitrogens with one attached hydrogen (secondary N) is 2. The van der Waals surface area contributed by atoms with Crippen LogP contribution in [0, 0.1) is 0 Å². The summed E-state index contributed by atoms with van der Waals surface area (Å²) in [6.45, 7) is 2.66. The average molecular weight is 341 g/mol. The molecule has 0 aliphatic carbocycles. The van der Waals surface area contributed by atoms with Crippen molar-refractivity contribution < 1.29 is 4.79 Å². The molecule has 1 aromatic carbocycles. The monoisotopic (exact) mass is 340 g/mol. The molecule has 6 nitrogen and oxygen atoms in total. The van der Waals surface area contributed by atoms with E-state index >= 15 is 0 Å². The second-order valence-electron chi connectivity index (χ2n) is 4.66. The van der Waals surface area contributed by atoms with Gasteiger partial charge in [-0.15, -0.1) is 5.10 Å². The molecule has 0 atom stereocenters. The lowest BCUT2D eigenvalue weighted by molar-refractivity contribution is -0.113. The molecule has 0 fully saturated rings. The number of nitrogens with zero attached hydrogens (tertiary/aromatic N) is 2. The van der Waals surface area contributed by atoms with Crippen LogP contribution in [0.1, 0.15) is 19.8 Å². The number of benzene rings is 1. The number of carbonyl (C=O) groups excluding carboxylic acids is 1. The lowest BCUT2D eigenvalue weighted by atomic mass is 10.3. The van der Waals surface area contributed by atoms with Gasteiger partial charge in [0.15, 0.2) is 5.16 Å². The number of aromatic amines is 1. The van der Waals surface area contributed by atoms with E-state index in [1.807, 2.05) is 0 Å². The fourth-order valence-electron chi connectivity index (χ4n) is 1.79. The van der Waals surface area contributed by atoms with Crippen molar-refractivity contribution in [2.45, 2.75) is 31.5 Å². The molecule has 0 aliphatic heterocycles. The molecule has 0 saturated heterocycles. The Labute approximate surface area is 137 Å². The molecule has 0 bridgehead atoms. The second kappa shape index (κ2) is 8.05. The number of amides is 1. The standard InChI is InChI=1S/C14H17ClN4O2S/c1-2-3-8-19-13(21)17-18-14(19)22-9-12(20)16-11-6-4-10(15)5-7-11/h4-7H,2-3,8-9H2,1H3,(H,16,20)(H,17,21). The smallest absolute Gasteiger partial charge is 0.325 e. The fraction of sp³-hybridized carbons (Fsp3) is 0.357. The van der Waals surface area contributed by atoms with Gasteiger partial charge in [0.1, 0.15) is 0 Å². The highest BCUT2D eigenvalue weighted by Gasteiger charge is 2.11. The Hall–Kier alpha value is -1.73. The van der Waals surface area contributed by atoms with Crippen LogP contribution in [-0.4, -0.2) is 26.4 Å². The van der Waals surface area contributed by atoms with Gasteiger partial charge in [0.05, 0.1) is 5.75 Å². The van der Waals surface area contributed by atoms with E-state index in [9.17, 15) is 9.59 Å². The lowest BCUT2D eigenvalue weighted by Crippen LogP contribution is -2.19. The maximum absolute atomic E-state index is 11.9. The van der Waals surface area contributed by atoms with Crippen molar-refractivity contribution >= 4 is 35.0 Å². The van der Waals surface area contributed by atoms with Gasteiger partial charge in [0, 0.05) is 17.3 Å². The van der Waals surface area contributed by atoms with E-state index in [4.69, 9.17) is 11.6 Å². The number of rotatable bonds is 7. The van der Waals surface area contributed by atoms with Gasteiger partial charge in [-0.1, -0.05) is 36.7 Å². The van der Waals surface area contributed by atoms with Crippen molar-refractivity contribution in [2.75, 3.05) is 11.1 Å². The van der Waals surface area contributed by atoms with Gasteiger partial charge in [-0.05, 0) is 30.7 Å². The second-order valence-corrected chi connectivity index (χ2v) is 6.04. The summed E-state index contributed by atoms with van der Waals surface area (Å²) in [5.41, 5.74) is 0.439. The van der Waals surface area contributed by atoms with Crippen LogP contribution < -0.4 is 11.0 Å². The first-order valence-electron chi connectivity index (χ1n) is 6.93. The Morgan fingerprint density at radius 1 is 1.41 bits per heavy atom. The van der Waals surface area contributed by atoms with E-state index in [1.54, 1.807) is 28.8 Å². The first-order chi connectivity index (χ1) is 10.6. The van der Waals surface area contributed by atoms with Crippen molar-refractivity contribution in [1.29, 1.82) is 0 Å². The van der Waals surface area contributed by atoms with E-state index in [1.165, 1.54) is 11.8 Å². The van der Waals surface area contributed by atoms with Crippen LogP contribution in [0.4, 0.5) is 5.69 Å². The molecule has 0 spiro atoms. The van der Waals surface area contributed by atoms with Crippen LogP contribution in [0.15, 0.2) is 34.2 Å². The quantitative estimate of drug-likeness (QED) is 0.759. The lowest BCUT2D eigenvalue weighted by Gasteiger charge is -2.06. The van der Waals surface area contributed by atoms with E-state index in [2.05, 4.69) is 22.4 Å². The third-order valence-electron chi connectivity index (χ3n) is 2.92. The topological polar surface area (TPSA) is 79.8 Å². The molecule has 2 rings (SSSR count). The molecule has 118 valence electrons. The Morgan fingerprint density at radius 2 is 2.14 bits per heavy atom. The molecular formula is C14H17ClN4O2S. The highest BCUT2D eigenvalue weighted by molar-refractivity contribution is 7.99. The van der Waals surface area contributed by atoms with Crippen molar-refractivity contribution in [2.24, 2.45) is 0 Å². The fourth-order valence-corrected chi connectivity index (χ4v) is 2.69. The number of hydrogen-bond acceptors (Lipinski definition) is 4. The predicted molar refractivity (Wildman–Crippen MR) is 88.6 cm³/mol. The molecule has 0 saturated carbocycles. The molecule has 1 aromatic heterocycles. The summed E-state index contributed by atoms with van der Waals surface area (Å²) in [6, 6.07) is 6.88. The van der Waals surface area contributed by atoms with Crippen molar-refractivity contribution in [3.8, 4) is 0 Å². The van der Waals surface area contributed by atoms with Crippen LogP contribution in [0.2, 0.25) is 5.02 Å². The maximum Gasteiger partial charge on any atom is 0.343 e. The number of anilines is 1. The summed E-state index contributed by atoms with van der Waals surface area (Å²) in [5, 5.41) is 10.3. The zero-order chi connectivity index (χ0) is 15.9. The number of thioether (sulfide) groups is 1. The Kier molecular flexibility index (Phi) is 6.09. The molecule has 2 N–H and O–H groups in total. The van der Waals surface area contributed by atoms with Crippen LogP contribution in [0.25, 0.3) is 0 Å². The number of halogens is 1. The largest absolute Gasteiger partial charge is 0.343 e. The van der Waals surface area contributed by atoms with E-state index in [-0.39, 0.29) is 17.3 Å². The van der Waals surface area contributed by atoms with E-state index in [0.29, 0.717) is 22.4 Å².